The monoisotopic (exact) mass is 240 g/mol. The van der Waals surface area contributed by atoms with Crippen LogP contribution in [0, 0.1) is 11.6 Å². The Morgan fingerprint density at radius 3 is 2.76 bits per heavy atom. The molecule has 0 unspecified atom stereocenters. The first-order chi connectivity index (χ1) is 8.13. The SMILES string of the molecule is NC/C=C/CNC(=O)Cc1ccc(F)cc1F. The van der Waals surface area contributed by atoms with Gasteiger partial charge in [0.25, 0.3) is 0 Å². The summed E-state index contributed by atoms with van der Waals surface area (Å²) in [4.78, 5) is 11.4. The zero-order valence-corrected chi connectivity index (χ0v) is 9.25. The summed E-state index contributed by atoms with van der Waals surface area (Å²) in [5.74, 6) is -1.69. The fourth-order valence-electron chi connectivity index (χ4n) is 1.25. The van der Waals surface area contributed by atoms with Crippen molar-refractivity contribution in [1.82, 2.24) is 5.32 Å². The largest absolute Gasteiger partial charge is 0.352 e. The Hall–Kier alpha value is -1.75. The van der Waals surface area contributed by atoms with Crippen molar-refractivity contribution in [3.8, 4) is 0 Å². The molecule has 0 aliphatic heterocycles. The Balaban J connectivity index is 2.48. The van der Waals surface area contributed by atoms with Crippen LogP contribution >= 0.6 is 0 Å². The fraction of sp³-hybridized carbons (Fsp3) is 0.250. The predicted molar refractivity (Wildman–Crippen MR) is 61.3 cm³/mol. The van der Waals surface area contributed by atoms with Gasteiger partial charge in [-0.1, -0.05) is 18.2 Å². The lowest BCUT2D eigenvalue weighted by Gasteiger charge is -2.04. The van der Waals surface area contributed by atoms with E-state index in [1.807, 2.05) is 0 Å². The molecule has 5 heteroatoms. The lowest BCUT2D eigenvalue weighted by atomic mass is 10.1. The van der Waals surface area contributed by atoms with E-state index < -0.39 is 11.6 Å². The molecule has 1 rings (SSSR count). The Labute approximate surface area is 98.3 Å². The average molecular weight is 240 g/mol. The van der Waals surface area contributed by atoms with E-state index in [9.17, 15) is 13.6 Å². The molecule has 0 saturated carbocycles. The number of amides is 1. The highest BCUT2D eigenvalue weighted by Gasteiger charge is 2.08. The summed E-state index contributed by atoms with van der Waals surface area (Å²) in [6.45, 7) is 0.751. The number of nitrogens with two attached hydrogens (primary N) is 1. The van der Waals surface area contributed by atoms with Gasteiger partial charge in [0.1, 0.15) is 11.6 Å². The first kappa shape index (κ1) is 13.3. The van der Waals surface area contributed by atoms with E-state index in [4.69, 9.17) is 5.73 Å². The molecule has 17 heavy (non-hydrogen) atoms. The van der Waals surface area contributed by atoms with Gasteiger partial charge in [-0.05, 0) is 11.6 Å². The topological polar surface area (TPSA) is 55.1 Å². The minimum Gasteiger partial charge on any atom is -0.352 e. The molecule has 1 amide bonds. The number of carbonyl (C=O) groups excluding carboxylic acids is 1. The van der Waals surface area contributed by atoms with Gasteiger partial charge in [-0.2, -0.15) is 0 Å². The third-order valence-corrected chi connectivity index (χ3v) is 2.09. The molecule has 0 heterocycles. The van der Waals surface area contributed by atoms with Gasteiger partial charge in [0.15, 0.2) is 0 Å². The smallest absolute Gasteiger partial charge is 0.224 e. The second kappa shape index (κ2) is 6.75. The number of hydrogen-bond donors (Lipinski definition) is 2. The lowest BCUT2D eigenvalue weighted by Crippen LogP contribution is -2.25. The second-order valence-corrected chi connectivity index (χ2v) is 3.42. The van der Waals surface area contributed by atoms with Crippen LogP contribution in [0.5, 0.6) is 0 Å². The van der Waals surface area contributed by atoms with Crippen molar-refractivity contribution in [1.29, 1.82) is 0 Å². The fourth-order valence-corrected chi connectivity index (χ4v) is 1.25. The number of carbonyl (C=O) groups is 1. The van der Waals surface area contributed by atoms with E-state index >= 15 is 0 Å². The number of halogens is 2. The Morgan fingerprint density at radius 2 is 2.12 bits per heavy atom. The van der Waals surface area contributed by atoms with Crippen LogP contribution in [0.4, 0.5) is 8.78 Å². The number of hydrogen-bond acceptors (Lipinski definition) is 2. The van der Waals surface area contributed by atoms with E-state index in [1.165, 1.54) is 6.07 Å². The third kappa shape index (κ3) is 4.74. The van der Waals surface area contributed by atoms with Gasteiger partial charge >= 0.3 is 0 Å². The number of rotatable bonds is 5. The van der Waals surface area contributed by atoms with Gasteiger partial charge in [0.2, 0.25) is 5.91 Å². The summed E-state index contributed by atoms with van der Waals surface area (Å²) in [7, 11) is 0. The molecule has 1 aromatic carbocycles. The van der Waals surface area contributed by atoms with Crippen molar-refractivity contribution in [2.24, 2.45) is 5.73 Å². The summed E-state index contributed by atoms with van der Waals surface area (Å²) in [5, 5.41) is 2.57. The van der Waals surface area contributed by atoms with E-state index in [0.717, 1.165) is 12.1 Å². The van der Waals surface area contributed by atoms with Crippen LogP contribution in [-0.4, -0.2) is 19.0 Å². The van der Waals surface area contributed by atoms with Crippen molar-refractivity contribution < 1.29 is 13.6 Å². The summed E-state index contributed by atoms with van der Waals surface area (Å²) in [6.07, 6.45) is 3.31. The van der Waals surface area contributed by atoms with Gasteiger partial charge in [0, 0.05) is 19.2 Å². The maximum Gasteiger partial charge on any atom is 0.224 e. The van der Waals surface area contributed by atoms with Gasteiger partial charge < -0.3 is 11.1 Å². The van der Waals surface area contributed by atoms with E-state index in [1.54, 1.807) is 12.2 Å². The lowest BCUT2D eigenvalue weighted by molar-refractivity contribution is -0.120. The molecule has 0 aliphatic rings. The quantitative estimate of drug-likeness (QED) is 0.758. The maximum absolute atomic E-state index is 13.2. The van der Waals surface area contributed by atoms with Gasteiger partial charge in [-0.3, -0.25) is 4.79 Å². The Morgan fingerprint density at radius 1 is 1.35 bits per heavy atom. The second-order valence-electron chi connectivity index (χ2n) is 3.42. The molecular weight excluding hydrogens is 226 g/mol. The molecular formula is C12H14F2N2O. The van der Waals surface area contributed by atoms with Crippen LogP contribution in [0.15, 0.2) is 30.4 Å². The highest BCUT2D eigenvalue weighted by atomic mass is 19.1. The molecule has 0 atom stereocenters. The van der Waals surface area contributed by atoms with E-state index in [0.29, 0.717) is 13.1 Å². The zero-order chi connectivity index (χ0) is 12.7. The average Bonchev–Trinajstić information content (AvgIpc) is 2.28. The molecule has 0 fully saturated rings. The van der Waals surface area contributed by atoms with E-state index in [2.05, 4.69) is 5.32 Å². The van der Waals surface area contributed by atoms with Crippen LogP contribution in [-0.2, 0) is 11.2 Å². The molecule has 0 bridgehead atoms. The molecule has 92 valence electrons. The van der Waals surface area contributed by atoms with Crippen molar-refractivity contribution in [2.75, 3.05) is 13.1 Å². The number of nitrogens with one attached hydrogen (secondary N) is 1. The van der Waals surface area contributed by atoms with Crippen LogP contribution in [0.3, 0.4) is 0 Å². The molecule has 3 nitrogen and oxygen atoms in total. The van der Waals surface area contributed by atoms with Gasteiger partial charge in [-0.25, -0.2) is 8.78 Å². The van der Waals surface area contributed by atoms with Crippen molar-refractivity contribution >= 4 is 5.91 Å². The first-order valence-corrected chi connectivity index (χ1v) is 5.19. The summed E-state index contributed by atoms with van der Waals surface area (Å²) >= 11 is 0. The molecule has 3 N–H and O–H groups in total. The molecule has 0 aliphatic carbocycles. The van der Waals surface area contributed by atoms with Gasteiger partial charge in [0.05, 0.1) is 6.42 Å². The standard InChI is InChI=1S/C12H14F2N2O/c13-10-4-3-9(11(14)8-10)7-12(17)16-6-2-1-5-15/h1-4,8H,5-7,15H2,(H,16,17)/b2-1+. The third-order valence-electron chi connectivity index (χ3n) is 2.09. The minimum absolute atomic E-state index is 0.109. The maximum atomic E-state index is 13.2. The highest BCUT2D eigenvalue weighted by Crippen LogP contribution is 2.09. The molecule has 0 spiro atoms. The minimum atomic E-state index is -0.711. The Bertz CT molecular complexity index is 419. The zero-order valence-electron chi connectivity index (χ0n) is 9.25. The predicted octanol–water partition coefficient (Wildman–Crippen LogP) is 1.14. The van der Waals surface area contributed by atoms with Crippen molar-refractivity contribution in [3.05, 3.63) is 47.5 Å². The molecule has 0 aromatic heterocycles. The van der Waals surface area contributed by atoms with Crippen LogP contribution in [0.25, 0.3) is 0 Å². The summed E-state index contributed by atoms with van der Waals surface area (Å²) < 4.78 is 25.8. The summed E-state index contributed by atoms with van der Waals surface area (Å²) in [6, 6.07) is 3.15. The normalized spacial score (nSPS) is 10.8. The Kier molecular flexibility index (Phi) is 5.29. The van der Waals surface area contributed by atoms with Crippen molar-refractivity contribution in [3.63, 3.8) is 0 Å². The molecule has 1 aromatic rings. The van der Waals surface area contributed by atoms with E-state index in [-0.39, 0.29) is 17.9 Å². The highest BCUT2D eigenvalue weighted by molar-refractivity contribution is 5.78. The van der Waals surface area contributed by atoms with Crippen LogP contribution < -0.4 is 11.1 Å². The van der Waals surface area contributed by atoms with Crippen LogP contribution in [0.2, 0.25) is 0 Å². The summed E-state index contributed by atoms with van der Waals surface area (Å²) in [5.41, 5.74) is 5.39. The van der Waals surface area contributed by atoms with Crippen molar-refractivity contribution in [2.45, 2.75) is 6.42 Å². The van der Waals surface area contributed by atoms with Gasteiger partial charge in [-0.15, -0.1) is 0 Å². The number of benzene rings is 1. The first-order valence-electron chi connectivity index (χ1n) is 5.19. The van der Waals surface area contributed by atoms with Crippen LogP contribution in [0.1, 0.15) is 5.56 Å². The molecule has 0 radical (unpaired) electrons. The molecule has 0 saturated heterocycles.